The minimum Gasteiger partial charge on any atom is -0.385 e. The summed E-state index contributed by atoms with van der Waals surface area (Å²) in [5.41, 5.74) is 6.08. The minimum absolute atomic E-state index is 0.435. The fraction of sp³-hybridized carbons (Fsp3) is 1.00. The molecule has 0 spiro atoms. The third kappa shape index (κ3) is 4.49. The number of rotatable bonds is 6. The van der Waals surface area contributed by atoms with Crippen LogP contribution in [0.3, 0.4) is 0 Å². The van der Waals surface area contributed by atoms with Gasteiger partial charge in [-0.05, 0) is 38.3 Å². The van der Waals surface area contributed by atoms with Crippen molar-refractivity contribution < 1.29 is 4.74 Å². The van der Waals surface area contributed by atoms with Crippen molar-refractivity contribution in [2.24, 2.45) is 11.7 Å². The summed E-state index contributed by atoms with van der Waals surface area (Å²) in [6, 6.07) is 0.435. The van der Waals surface area contributed by atoms with Gasteiger partial charge in [-0.15, -0.1) is 0 Å². The predicted octanol–water partition coefficient (Wildman–Crippen LogP) is 1.47. The van der Waals surface area contributed by atoms with Crippen LogP contribution in [-0.4, -0.2) is 44.3 Å². The summed E-state index contributed by atoms with van der Waals surface area (Å²) in [5, 5.41) is 0. The number of piperidine rings is 1. The quantitative estimate of drug-likeness (QED) is 0.681. The van der Waals surface area contributed by atoms with Gasteiger partial charge in [-0.2, -0.15) is 0 Å². The summed E-state index contributed by atoms with van der Waals surface area (Å²) in [5.74, 6) is 0.709. The molecule has 1 rings (SSSR count). The van der Waals surface area contributed by atoms with Crippen LogP contribution in [0.2, 0.25) is 0 Å². The maximum absolute atomic E-state index is 6.08. The maximum atomic E-state index is 6.08. The van der Waals surface area contributed by atoms with E-state index in [0.29, 0.717) is 12.0 Å². The van der Waals surface area contributed by atoms with Crippen LogP contribution in [0, 0.1) is 5.92 Å². The largest absolute Gasteiger partial charge is 0.385 e. The molecule has 0 amide bonds. The molecule has 2 N–H and O–H groups in total. The number of hydrogen-bond donors (Lipinski definition) is 1. The Morgan fingerprint density at radius 2 is 2.20 bits per heavy atom. The van der Waals surface area contributed by atoms with Gasteiger partial charge in [0, 0.05) is 26.3 Å². The van der Waals surface area contributed by atoms with E-state index in [-0.39, 0.29) is 0 Å². The highest BCUT2D eigenvalue weighted by Crippen LogP contribution is 2.18. The molecule has 1 heterocycles. The summed E-state index contributed by atoms with van der Waals surface area (Å²) in [6.45, 7) is 6.74. The van der Waals surface area contributed by atoms with Crippen LogP contribution in [0.25, 0.3) is 0 Å². The molecule has 2 atom stereocenters. The van der Waals surface area contributed by atoms with Crippen LogP contribution in [0.1, 0.15) is 32.6 Å². The topological polar surface area (TPSA) is 38.5 Å². The Morgan fingerprint density at radius 3 is 2.87 bits per heavy atom. The van der Waals surface area contributed by atoms with Gasteiger partial charge < -0.3 is 15.4 Å². The molecule has 0 aliphatic carbocycles. The average molecular weight is 214 g/mol. The zero-order valence-electron chi connectivity index (χ0n) is 10.2. The molecule has 0 saturated carbocycles. The van der Waals surface area contributed by atoms with E-state index in [2.05, 4.69) is 11.8 Å². The van der Waals surface area contributed by atoms with E-state index in [1.54, 1.807) is 7.11 Å². The predicted molar refractivity (Wildman–Crippen MR) is 63.9 cm³/mol. The minimum atomic E-state index is 0.435. The molecule has 0 bridgehead atoms. The zero-order valence-corrected chi connectivity index (χ0v) is 10.2. The highest BCUT2D eigenvalue weighted by Gasteiger charge is 2.24. The van der Waals surface area contributed by atoms with E-state index >= 15 is 0 Å². The first-order chi connectivity index (χ1) is 7.27. The second-order valence-electron chi connectivity index (χ2n) is 4.62. The summed E-state index contributed by atoms with van der Waals surface area (Å²) < 4.78 is 5.05. The molecule has 1 saturated heterocycles. The Labute approximate surface area is 94.0 Å². The number of hydrogen-bond acceptors (Lipinski definition) is 3. The second-order valence-corrected chi connectivity index (χ2v) is 4.62. The van der Waals surface area contributed by atoms with Crippen molar-refractivity contribution in [2.45, 2.75) is 38.6 Å². The number of nitrogens with two attached hydrogens (primary N) is 1. The standard InChI is InChI=1S/C12H26N2O/c1-3-11-10-14(8-6-12(11)13)7-4-5-9-15-2/h11-12H,3-10,13H2,1-2H3. The molecule has 0 aromatic heterocycles. The number of likely N-dealkylation sites (tertiary alicyclic amines) is 1. The van der Waals surface area contributed by atoms with Crippen LogP contribution in [0.5, 0.6) is 0 Å². The first-order valence-corrected chi connectivity index (χ1v) is 6.24. The Balaban J connectivity index is 2.14. The maximum Gasteiger partial charge on any atom is 0.0462 e. The van der Waals surface area contributed by atoms with Crippen molar-refractivity contribution in [3.63, 3.8) is 0 Å². The molecule has 90 valence electrons. The first-order valence-electron chi connectivity index (χ1n) is 6.24. The Morgan fingerprint density at radius 1 is 1.40 bits per heavy atom. The zero-order chi connectivity index (χ0) is 11.1. The molecule has 3 heteroatoms. The van der Waals surface area contributed by atoms with Crippen LogP contribution in [0.15, 0.2) is 0 Å². The van der Waals surface area contributed by atoms with E-state index < -0.39 is 0 Å². The van der Waals surface area contributed by atoms with Crippen LogP contribution in [-0.2, 0) is 4.74 Å². The lowest BCUT2D eigenvalue weighted by atomic mass is 9.90. The van der Waals surface area contributed by atoms with Crippen molar-refractivity contribution in [2.75, 3.05) is 33.4 Å². The van der Waals surface area contributed by atoms with Gasteiger partial charge >= 0.3 is 0 Å². The third-order valence-corrected chi connectivity index (χ3v) is 3.47. The third-order valence-electron chi connectivity index (χ3n) is 3.47. The van der Waals surface area contributed by atoms with Crippen molar-refractivity contribution in [1.29, 1.82) is 0 Å². The molecule has 15 heavy (non-hydrogen) atoms. The number of ether oxygens (including phenoxy) is 1. The van der Waals surface area contributed by atoms with Crippen molar-refractivity contribution >= 4 is 0 Å². The molecule has 0 aromatic rings. The number of nitrogens with zero attached hydrogens (tertiary/aromatic N) is 1. The van der Waals surface area contributed by atoms with E-state index in [1.165, 1.54) is 45.3 Å². The lowest BCUT2D eigenvalue weighted by molar-refractivity contribution is 0.141. The summed E-state index contributed by atoms with van der Waals surface area (Å²) in [7, 11) is 1.77. The smallest absolute Gasteiger partial charge is 0.0462 e. The molecule has 0 aromatic carbocycles. The van der Waals surface area contributed by atoms with E-state index in [0.717, 1.165) is 6.61 Å². The molecule has 2 unspecified atom stereocenters. The molecule has 1 aliphatic heterocycles. The Kier molecular flexibility index (Phi) is 6.22. The second kappa shape index (κ2) is 7.20. The molecular formula is C12H26N2O. The van der Waals surface area contributed by atoms with Crippen molar-refractivity contribution in [3.8, 4) is 0 Å². The van der Waals surface area contributed by atoms with Gasteiger partial charge in [0.2, 0.25) is 0 Å². The SMILES string of the molecule is CCC1CN(CCCCOC)CCC1N. The summed E-state index contributed by atoms with van der Waals surface area (Å²) >= 11 is 0. The normalized spacial score (nSPS) is 28.2. The van der Waals surface area contributed by atoms with Gasteiger partial charge in [0.05, 0.1) is 0 Å². The Bertz CT molecular complexity index is 164. The average Bonchev–Trinajstić information content (AvgIpc) is 2.26. The van der Waals surface area contributed by atoms with Crippen molar-refractivity contribution in [3.05, 3.63) is 0 Å². The fourth-order valence-electron chi connectivity index (χ4n) is 2.34. The van der Waals surface area contributed by atoms with Crippen LogP contribution >= 0.6 is 0 Å². The highest BCUT2D eigenvalue weighted by molar-refractivity contribution is 4.81. The molecule has 1 fully saturated rings. The molecular weight excluding hydrogens is 188 g/mol. The number of unbranched alkanes of at least 4 members (excludes halogenated alkanes) is 1. The molecule has 3 nitrogen and oxygen atoms in total. The summed E-state index contributed by atoms with van der Waals surface area (Å²) in [4.78, 5) is 2.56. The van der Waals surface area contributed by atoms with Gasteiger partial charge in [0.1, 0.15) is 0 Å². The fourth-order valence-corrected chi connectivity index (χ4v) is 2.34. The number of methoxy groups -OCH3 is 1. The lowest BCUT2D eigenvalue weighted by Crippen LogP contribution is -2.47. The van der Waals surface area contributed by atoms with E-state index in [1.807, 2.05) is 0 Å². The van der Waals surface area contributed by atoms with Crippen molar-refractivity contribution in [1.82, 2.24) is 4.90 Å². The van der Waals surface area contributed by atoms with Gasteiger partial charge in [-0.1, -0.05) is 13.3 Å². The van der Waals surface area contributed by atoms with E-state index in [4.69, 9.17) is 10.5 Å². The lowest BCUT2D eigenvalue weighted by Gasteiger charge is -2.36. The molecule has 0 radical (unpaired) electrons. The van der Waals surface area contributed by atoms with Gasteiger partial charge in [0.15, 0.2) is 0 Å². The van der Waals surface area contributed by atoms with Gasteiger partial charge in [-0.25, -0.2) is 0 Å². The van der Waals surface area contributed by atoms with Crippen LogP contribution in [0.4, 0.5) is 0 Å². The summed E-state index contributed by atoms with van der Waals surface area (Å²) in [6.07, 6.45) is 4.81. The van der Waals surface area contributed by atoms with Gasteiger partial charge in [0.25, 0.3) is 0 Å². The van der Waals surface area contributed by atoms with Gasteiger partial charge in [-0.3, -0.25) is 0 Å². The Hall–Kier alpha value is -0.120. The monoisotopic (exact) mass is 214 g/mol. The highest BCUT2D eigenvalue weighted by atomic mass is 16.5. The molecule has 1 aliphatic rings. The van der Waals surface area contributed by atoms with Crippen LogP contribution < -0.4 is 5.73 Å². The van der Waals surface area contributed by atoms with E-state index in [9.17, 15) is 0 Å². The first kappa shape index (κ1) is 12.9.